The molecule has 0 aliphatic heterocycles. The molecule has 1 amide bonds. The van der Waals surface area contributed by atoms with E-state index in [9.17, 15) is 4.79 Å². The zero-order valence-corrected chi connectivity index (χ0v) is 10.7. The Hall–Kier alpha value is -2.09. The van der Waals surface area contributed by atoms with Crippen LogP contribution in [0.3, 0.4) is 0 Å². The van der Waals surface area contributed by atoms with E-state index in [1.807, 2.05) is 55.5 Å². The Kier molecular flexibility index (Phi) is 3.78. The highest BCUT2D eigenvalue weighted by Gasteiger charge is 2.09. The molecule has 2 aromatic carbocycles. The topological polar surface area (TPSA) is 29.1 Å². The lowest BCUT2D eigenvalue weighted by molar-refractivity contribution is 0.102. The fourth-order valence-electron chi connectivity index (χ4n) is 1.97. The first-order valence-electron chi connectivity index (χ1n) is 6.17. The van der Waals surface area contributed by atoms with Crippen LogP contribution in [0.1, 0.15) is 28.4 Å². The van der Waals surface area contributed by atoms with E-state index in [4.69, 9.17) is 0 Å². The summed E-state index contributed by atoms with van der Waals surface area (Å²) in [6.07, 6.45) is 0.907. The number of carbonyl (C=O) groups is 1. The van der Waals surface area contributed by atoms with E-state index < -0.39 is 0 Å². The van der Waals surface area contributed by atoms with E-state index in [1.54, 1.807) is 0 Å². The lowest BCUT2D eigenvalue weighted by Gasteiger charge is -2.10. The van der Waals surface area contributed by atoms with E-state index >= 15 is 0 Å². The van der Waals surface area contributed by atoms with Crippen LogP contribution in [0.4, 0.5) is 5.69 Å². The molecule has 0 spiro atoms. The molecule has 0 aliphatic carbocycles. The van der Waals surface area contributed by atoms with Gasteiger partial charge in [0, 0.05) is 11.3 Å². The van der Waals surface area contributed by atoms with Gasteiger partial charge in [0.1, 0.15) is 0 Å². The molecule has 0 fully saturated rings. The highest BCUT2D eigenvalue weighted by atomic mass is 16.1. The van der Waals surface area contributed by atoms with Crippen molar-refractivity contribution in [3.63, 3.8) is 0 Å². The Labute approximate surface area is 108 Å². The first kappa shape index (κ1) is 12.4. The molecule has 1 N–H and O–H groups in total. The number of anilines is 1. The Bertz CT molecular complexity index is 561. The average Bonchev–Trinajstić information content (AvgIpc) is 2.39. The van der Waals surface area contributed by atoms with Crippen molar-refractivity contribution in [3.05, 3.63) is 65.2 Å². The number of carbonyl (C=O) groups excluding carboxylic acids is 1. The first-order chi connectivity index (χ1) is 8.72. The summed E-state index contributed by atoms with van der Waals surface area (Å²) < 4.78 is 0. The van der Waals surface area contributed by atoms with E-state index in [1.165, 1.54) is 0 Å². The number of benzene rings is 2. The molecule has 2 aromatic rings. The molecule has 0 radical (unpaired) electrons. The van der Waals surface area contributed by atoms with Gasteiger partial charge in [-0.2, -0.15) is 0 Å². The van der Waals surface area contributed by atoms with E-state index in [-0.39, 0.29) is 5.91 Å². The van der Waals surface area contributed by atoms with Gasteiger partial charge in [0.05, 0.1) is 0 Å². The minimum atomic E-state index is -0.0472. The number of para-hydroxylation sites is 1. The molecule has 92 valence electrons. The Morgan fingerprint density at radius 1 is 1.06 bits per heavy atom. The summed E-state index contributed by atoms with van der Waals surface area (Å²) in [7, 11) is 0. The predicted molar refractivity (Wildman–Crippen MR) is 75.0 cm³/mol. The van der Waals surface area contributed by atoms with Crippen molar-refractivity contribution in [2.45, 2.75) is 20.3 Å². The second-order valence-corrected chi connectivity index (χ2v) is 4.28. The first-order valence-corrected chi connectivity index (χ1v) is 6.17. The number of aryl methyl sites for hydroxylation is 2. The van der Waals surface area contributed by atoms with Gasteiger partial charge in [-0.1, -0.05) is 43.3 Å². The third kappa shape index (κ3) is 2.59. The molecule has 0 unspecified atom stereocenters. The van der Waals surface area contributed by atoms with Gasteiger partial charge in [-0.25, -0.2) is 0 Å². The fraction of sp³-hybridized carbons (Fsp3) is 0.188. The number of nitrogens with one attached hydrogen (secondary N) is 1. The Morgan fingerprint density at radius 3 is 2.44 bits per heavy atom. The van der Waals surface area contributed by atoms with Gasteiger partial charge >= 0.3 is 0 Å². The summed E-state index contributed by atoms with van der Waals surface area (Å²) in [6.45, 7) is 4.03. The smallest absolute Gasteiger partial charge is 0.255 e. The van der Waals surface area contributed by atoms with Gasteiger partial charge in [-0.15, -0.1) is 0 Å². The van der Waals surface area contributed by atoms with Gasteiger partial charge < -0.3 is 5.32 Å². The maximum Gasteiger partial charge on any atom is 0.255 e. The summed E-state index contributed by atoms with van der Waals surface area (Å²) in [4.78, 5) is 12.2. The second kappa shape index (κ2) is 5.50. The Balaban J connectivity index is 2.24. The molecule has 0 saturated carbocycles. The summed E-state index contributed by atoms with van der Waals surface area (Å²) >= 11 is 0. The summed E-state index contributed by atoms with van der Waals surface area (Å²) in [5, 5.41) is 2.98. The molecule has 0 bridgehead atoms. The molecule has 0 aliphatic rings. The standard InChI is InChI=1S/C16H17NO/c1-3-13-9-5-7-11-15(13)17-16(18)14-10-6-4-8-12(14)2/h4-11H,3H2,1-2H3,(H,17,18). The fourth-order valence-corrected chi connectivity index (χ4v) is 1.97. The van der Waals surface area contributed by atoms with E-state index in [0.717, 1.165) is 28.8 Å². The number of hydrogen-bond donors (Lipinski definition) is 1. The predicted octanol–water partition coefficient (Wildman–Crippen LogP) is 3.81. The summed E-state index contributed by atoms with van der Waals surface area (Å²) in [5.41, 5.74) is 3.76. The number of rotatable bonds is 3. The third-order valence-electron chi connectivity index (χ3n) is 3.04. The molecular weight excluding hydrogens is 222 g/mol. The highest BCUT2D eigenvalue weighted by Crippen LogP contribution is 2.17. The maximum absolute atomic E-state index is 12.2. The number of amides is 1. The molecule has 2 heteroatoms. The molecular formula is C16H17NO. The van der Waals surface area contributed by atoms with Crippen molar-refractivity contribution in [2.75, 3.05) is 5.32 Å². The van der Waals surface area contributed by atoms with Crippen LogP contribution >= 0.6 is 0 Å². The van der Waals surface area contributed by atoms with Gasteiger partial charge in [0.15, 0.2) is 0 Å². The van der Waals surface area contributed by atoms with Crippen LogP contribution in [-0.2, 0) is 6.42 Å². The molecule has 2 nitrogen and oxygen atoms in total. The van der Waals surface area contributed by atoms with Crippen molar-refractivity contribution in [1.29, 1.82) is 0 Å². The van der Waals surface area contributed by atoms with Crippen molar-refractivity contribution in [3.8, 4) is 0 Å². The summed E-state index contributed by atoms with van der Waals surface area (Å²) in [5.74, 6) is -0.0472. The van der Waals surface area contributed by atoms with Crippen LogP contribution in [0.15, 0.2) is 48.5 Å². The van der Waals surface area contributed by atoms with Crippen molar-refractivity contribution < 1.29 is 4.79 Å². The minimum Gasteiger partial charge on any atom is -0.322 e. The van der Waals surface area contributed by atoms with Gasteiger partial charge in [0.2, 0.25) is 0 Å². The Morgan fingerprint density at radius 2 is 1.72 bits per heavy atom. The monoisotopic (exact) mass is 239 g/mol. The molecule has 2 rings (SSSR count). The van der Waals surface area contributed by atoms with Crippen LogP contribution in [0, 0.1) is 6.92 Å². The highest BCUT2D eigenvalue weighted by molar-refractivity contribution is 6.05. The largest absolute Gasteiger partial charge is 0.322 e. The maximum atomic E-state index is 12.2. The van der Waals surface area contributed by atoms with Crippen LogP contribution in [-0.4, -0.2) is 5.91 Å². The van der Waals surface area contributed by atoms with Gasteiger partial charge in [-0.05, 0) is 36.6 Å². The van der Waals surface area contributed by atoms with Crippen molar-refractivity contribution >= 4 is 11.6 Å². The second-order valence-electron chi connectivity index (χ2n) is 4.28. The van der Waals surface area contributed by atoms with Crippen LogP contribution in [0.2, 0.25) is 0 Å². The SMILES string of the molecule is CCc1ccccc1NC(=O)c1ccccc1C. The average molecular weight is 239 g/mol. The van der Waals surface area contributed by atoms with Gasteiger partial charge in [-0.3, -0.25) is 4.79 Å². The molecule has 0 aromatic heterocycles. The normalized spacial score (nSPS) is 10.1. The zero-order valence-electron chi connectivity index (χ0n) is 10.7. The van der Waals surface area contributed by atoms with Gasteiger partial charge in [0.25, 0.3) is 5.91 Å². The zero-order chi connectivity index (χ0) is 13.0. The minimum absolute atomic E-state index is 0.0472. The quantitative estimate of drug-likeness (QED) is 0.867. The van der Waals surface area contributed by atoms with Crippen molar-refractivity contribution in [2.24, 2.45) is 0 Å². The van der Waals surface area contributed by atoms with Crippen molar-refractivity contribution in [1.82, 2.24) is 0 Å². The van der Waals surface area contributed by atoms with Crippen LogP contribution in [0.5, 0.6) is 0 Å². The van der Waals surface area contributed by atoms with E-state index in [0.29, 0.717) is 0 Å². The lowest BCUT2D eigenvalue weighted by atomic mass is 10.1. The molecule has 0 saturated heterocycles. The van der Waals surface area contributed by atoms with Crippen LogP contribution in [0.25, 0.3) is 0 Å². The van der Waals surface area contributed by atoms with Crippen LogP contribution < -0.4 is 5.32 Å². The third-order valence-corrected chi connectivity index (χ3v) is 3.04. The van der Waals surface area contributed by atoms with E-state index in [2.05, 4.69) is 12.2 Å². The molecule has 0 atom stereocenters. The summed E-state index contributed by atoms with van der Waals surface area (Å²) in [6, 6.07) is 15.5. The molecule has 18 heavy (non-hydrogen) atoms. The lowest BCUT2D eigenvalue weighted by Crippen LogP contribution is -2.14. The molecule has 0 heterocycles. The number of hydrogen-bond acceptors (Lipinski definition) is 1.